The summed E-state index contributed by atoms with van der Waals surface area (Å²) in [5.41, 5.74) is 5.69. The summed E-state index contributed by atoms with van der Waals surface area (Å²) in [5, 5.41) is 9.83. The Kier molecular flexibility index (Phi) is 8.99. The maximum Gasteiger partial charge on any atom is 0.277 e. The molecule has 2 aromatic carbocycles. The first-order chi connectivity index (χ1) is 17.9. The van der Waals surface area contributed by atoms with Gasteiger partial charge in [-0.15, -0.1) is 11.3 Å². The van der Waals surface area contributed by atoms with Crippen LogP contribution in [0.15, 0.2) is 64.5 Å². The summed E-state index contributed by atoms with van der Waals surface area (Å²) in [5.74, 6) is -0.187. The predicted molar refractivity (Wildman–Crippen MR) is 139 cm³/mol. The van der Waals surface area contributed by atoms with E-state index >= 15 is 0 Å². The van der Waals surface area contributed by atoms with Crippen LogP contribution in [0.1, 0.15) is 52.4 Å². The van der Waals surface area contributed by atoms with Crippen molar-refractivity contribution >= 4 is 33.9 Å². The second-order valence-electron chi connectivity index (χ2n) is 8.33. The van der Waals surface area contributed by atoms with Gasteiger partial charge < -0.3 is 9.84 Å². The van der Waals surface area contributed by atoms with E-state index in [1.54, 1.807) is 19.1 Å². The Morgan fingerprint density at radius 3 is 2.41 bits per heavy atom. The third-order valence-corrected chi connectivity index (χ3v) is 6.87. The second kappa shape index (κ2) is 12.6. The Hall–Kier alpha value is -3.61. The Bertz CT molecular complexity index is 1380. The molecule has 194 valence electrons. The summed E-state index contributed by atoms with van der Waals surface area (Å²) in [7, 11) is -3.01. The maximum absolute atomic E-state index is 13.7. The van der Waals surface area contributed by atoms with Crippen LogP contribution in [0.25, 0.3) is 0 Å². The Morgan fingerprint density at radius 2 is 1.78 bits per heavy atom. The highest BCUT2D eigenvalue weighted by Gasteiger charge is 2.30. The van der Waals surface area contributed by atoms with E-state index in [9.17, 15) is 13.2 Å². The minimum absolute atomic E-state index is 0.239. The fourth-order valence-electron chi connectivity index (χ4n) is 3.75. The summed E-state index contributed by atoms with van der Waals surface area (Å²) in [4.78, 5) is 22.7. The van der Waals surface area contributed by atoms with E-state index in [0.717, 1.165) is 28.2 Å². The van der Waals surface area contributed by atoms with Crippen LogP contribution in [0.3, 0.4) is 0 Å². The van der Waals surface area contributed by atoms with Gasteiger partial charge in [-0.2, -0.15) is 9.27 Å². The van der Waals surface area contributed by atoms with Crippen molar-refractivity contribution in [2.45, 2.75) is 45.1 Å². The van der Waals surface area contributed by atoms with E-state index in [1.807, 2.05) is 54.8 Å². The maximum atomic E-state index is 13.7. The van der Waals surface area contributed by atoms with Crippen molar-refractivity contribution < 1.29 is 22.0 Å². The normalized spacial score (nSPS) is 12.8. The zero-order chi connectivity index (χ0) is 26.2. The minimum atomic E-state index is -3.01. The van der Waals surface area contributed by atoms with Crippen LogP contribution in [0, 0.1) is 6.92 Å². The number of carbonyl (C=O) groups excluding carboxylic acids is 1. The molecule has 0 fully saturated rings. The van der Waals surface area contributed by atoms with Gasteiger partial charge in [0.25, 0.3) is 11.0 Å². The third-order valence-electron chi connectivity index (χ3n) is 5.62. The molecule has 2 aromatic heterocycles. The molecule has 0 aliphatic carbocycles. The lowest BCUT2D eigenvalue weighted by atomic mass is 9.97. The number of aromatic nitrogens is 3. The standard InChI is InChI=1S/C25H27N5O5S2/c1-3-19-15-36-25(27-19)22(14-18-9-11-20(12-10-18)30-35-37(32)33)28-23(31)21(24-26-16(2)29-34-24)13-17-7-5-4-6-8-17/h4-12,15,21-22,30,37H,3,13-14H2,1-2H3,(H,28,31)/t21?,22-/m0/s1. The lowest BCUT2D eigenvalue weighted by Crippen LogP contribution is -2.35. The Labute approximate surface area is 220 Å². The van der Waals surface area contributed by atoms with E-state index in [2.05, 4.69) is 25.2 Å². The molecule has 4 aromatic rings. The molecular formula is C25H27N5O5S2. The fraction of sp³-hybridized carbons (Fsp3) is 0.280. The second-order valence-corrected chi connectivity index (χ2v) is 9.85. The number of hydrogen-bond donors (Lipinski definition) is 3. The van der Waals surface area contributed by atoms with Crippen molar-refractivity contribution in [3.05, 3.63) is 93.5 Å². The van der Waals surface area contributed by atoms with Crippen LogP contribution in [-0.2, 0) is 39.3 Å². The molecule has 12 heteroatoms. The fourth-order valence-corrected chi connectivity index (χ4v) is 4.88. The van der Waals surface area contributed by atoms with Crippen molar-refractivity contribution in [3.63, 3.8) is 0 Å². The van der Waals surface area contributed by atoms with Gasteiger partial charge in [0.05, 0.1) is 17.4 Å². The molecule has 37 heavy (non-hydrogen) atoms. The van der Waals surface area contributed by atoms with E-state index in [-0.39, 0.29) is 11.8 Å². The van der Waals surface area contributed by atoms with Gasteiger partial charge in [-0.3, -0.25) is 4.79 Å². The third kappa shape index (κ3) is 7.44. The van der Waals surface area contributed by atoms with Crippen molar-refractivity contribution in [1.82, 2.24) is 20.4 Å². The predicted octanol–water partition coefficient (Wildman–Crippen LogP) is 3.69. The summed E-state index contributed by atoms with van der Waals surface area (Å²) in [6.45, 7) is 3.75. The van der Waals surface area contributed by atoms with Crippen LogP contribution >= 0.6 is 11.3 Å². The monoisotopic (exact) mass is 541 g/mol. The molecule has 0 saturated carbocycles. The number of nitrogens with one attached hydrogen (secondary N) is 2. The van der Waals surface area contributed by atoms with Crippen molar-refractivity contribution in [2.24, 2.45) is 0 Å². The molecule has 1 amide bonds. The quantitative estimate of drug-likeness (QED) is 0.181. The highest BCUT2D eigenvalue weighted by atomic mass is 32.2. The molecule has 0 radical (unpaired) electrons. The van der Waals surface area contributed by atoms with E-state index in [1.165, 1.54) is 11.3 Å². The number of benzene rings is 2. The van der Waals surface area contributed by atoms with Crippen LogP contribution in [0.2, 0.25) is 0 Å². The topological polar surface area (TPSA) is 136 Å². The van der Waals surface area contributed by atoms with Crippen molar-refractivity contribution in [3.8, 4) is 0 Å². The largest absolute Gasteiger partial charge is 0.346 e. The van der Waals surface area contributed by atoms with Gasteiger partial charge in [0.15, 0.2) is 5.82 Å². The first-order valence-electron chi connectivity index (χ1n) is 11.7. The van der Waals surface area contributed by atoms with Crippen molar-refractivity contribution in [2.75, 3.05) is 5.48 Å². The molecule has 10 nitrogen and oxygen atoms in total. The van der Waals surface area contributed by atoms with Crippen LogP contribution in [0.4, 0.5) is 5.69 Å². The van der Waals surface area contributed by atoms with E-state index in [4.69, 9.17) is 9.51 Å². The molecule has 0 aliphatic rings. The molecule has 2 heterocycles. The number of amides is 1. The summed E-state index contributed by atoms with van der Waals surface area (Å²) in [6, 6.07) is 16.4. The number of thiol groups is 1. The lowest BCUT2D eigenvalue weighted by molar-refractivity contribution is -0.123. The van der Waals surface area contributed by atoms with Gasteiger partial charge in [-0.25, -0.2) is 18.9 Å². The molecule has 0 bridgehead atoms. The summed E-state index contributed by atoms with van der Waals surface area (Å²) < 4.78 is 31.1. The molecular weight excluding hydrogens is 514 g/mol. The lowest BCUT2D eigenvalue weighted by Gasteiger charge is -2.20. The molecule has 0 spiro atoms. The first-order valence-corrected chi connectivity index (χ1v) is 13.6. The van der Waals surface area contributed by atoms with Crippen molar-refractivity contribution in [1.29, 1.82) is 0 Å². The number of rotatable bonds is 12. The van der Waals surface area contributed by atoms with Gasteiger partial charge in [-0.1, -0.05) is 54.5 Å². The number of aryl methyl sites for hydroxylation is 2. The summed E-state index contributed by atoms with van der Waals surface area (Å²) >= 11 is 1.50. The van der Waals surface area contributed by atoms with E-state index in [0.29, 0.717) is 24.4 Å². The SMILES string of the molecule is CCc1csc([C@H](Cc2ccc(NO[SH](=O)=O)cc2)NC(=O)C(Cc2ccccc2)c2nc(C)no2)n1. The first kappa shape index (κ1) is 26.5. The molecule has 0 saturated heterocycles. The van der Waals surface area contributed by atoms with Crippen LogP contribution in [-0.4, -0.2) is 29.4 Å². The molecule has 2 atom stereocenters. The van der Waals surface area contributed by atoms with Crippen LogP contribution in [0.5, 0.6) is 0 Å². The average Bonchev–Trinajstić information content (AvgIpc) is 3.56. The van der Waals surface area contributed by atoms with Gasteiger partial charge in [0, 0.05) is 5.38 Å². The van der Waals surface area contributed by atoms with Gasteiger partial charge >= 0.3 is 0 Å². The van der Waals surface area contributed by atoms with Gasteiger partial charge in [0.1, 0.15) is 10.9 Å². The smallest absolute Gasteiger partial charge is 0.277 e. The molecule has 4 rings (SSSR count). The summed E-state index contributed by atoms with van der Waals surface area (Å²) in [6.07, 6.45) is 1.67. The minimum Gasteiger partial charge on any atom is -0.346 e. The number of hydrogen-bond acceptors (Lipinski definition) is 10. The van der Waals surface area contributed by atoms with E-state index < -0.39 is 22.9 Å². The van der Waals surface area contributed by atoms with Crippen LogP contribution < -0.4 is 10.8 Å². The highest BCUT2D eigenvalue weighted by Crippen LogP contribution is 2.26. The molecule has 0 aliphatic heterocycles. The average molecular weight is 542 g/mol. The molecule has 1 unspecified atom stereocenters. The zero-order valence-electron chi connectivity index (χ0n) is 20.3. The number of anilines is 1. The van der Waals surface area contributed by atoms with Gasteiger partial charge in [0.2, 0.25) is 11.8 Å². The Balaban J connectivity index is 1.57. The Morgan fingerprint density at radius 1 is 1.05 bits per heavy atom. The molecule has 2 N–H and O–H groups in total. The number of carbonyl (C=O) groups is 1. The zero-order valence-corrected chi connectivity index (χ0v) is 22.0. The number of thiazole rings is 1. The highest BCUT2D eigenvalue weighted by molar-refractivity contribution is 7.67. The number of nitrogens with zero attached hydrogens (tertiary/aromatic N) is 3. The van der Waals surface area contributed by atoms with Gasteiger partial charge in [-0.05, 0) is 49.4 Å².